The zero-order chi connectivity index (χ0) is 12.3. The lowest BCUT2D eigenvalue weighted by molar-refractivity contribution is 0.173. The largest absolute Gasteiger partial charge is 0.495 e. The van der Waals surface area contributed by atoms with Crippen LogP contribution in [0.4, 0.5) is 0 Å². The van der Waals surface area contributed by atoms with Gasteiger partial charge in [-0.3, -0.25) is 0 Å². The van der Waals surface area contributed by atoms with Crippen LogP contribution in [0.1, 0.15) is 18.4 Å². The van der Waals surface area contributed by atoms with Gasteiger partial charge in [-0.15, -0.1) is 0 Å². The summed E-state index contributed by atoms with van der Waals surface area (Å²) in [5.41, 5.74) is 6.62. The molecule has 1 aromatic rings. The third-order valence-corrected chi connectivity index (χ3v) is 3.46. The van der Waals surface area contributed by atoms with Crippen LogP contribution in [0.15, 0.2) is 10.5 Å². The number of halogens is 1. The van der Waals surface area contributed by atoms with Crippen molar-refractivity contribution in [2.45, 2.75) is 19.3 Å². The highest BCUT2D eigenvalue weighted by atomic mass is 79.9. The molecule has 0 unspecified atom stereocenters. The maximum Gasteiger partial charge on any atom is 0.231 e. The summed E-state index contributed by atoms with van der Waals surface area (Å²) in [5, 5.41) is 0. The van der Waals surface area contributed by atoms with Crippen molar-refractivity contribution in [3.05, 3.63) is 16.1 Å². The minimum absolute atomic E-state index is 0.267. The number of benzene rings is 1. The maximum absolute atomic E-state index is 5.50. The number of ether oxygens (including phenoxy) is 3. The highest BCUT2D eigenvalue weighted by Gasteiger charge is 2.23. The fourth-order valence-corrected chi connectivity index (χ4v) is 2.63. The van der Waals surface area contributed by atoms with Crippen molar-refractivity contribution in [2.75, 3.05) is 20.4 Å². The maximum atomic E-state index is 5.50. The first-order valence-electron chi connectivity index (χ1n) is 5.63. The van der Waals surface area contributed by atoms with E-state index in [1.807, 2.05) is 6.07 Å². The van der Waals surface area contributed by atoms with Crippen molar-refractivity contribution in [2.24, 2.45) is 5.73 Å². The first kappa shape index (κ1) is 12.5. The Bertz CT molecular complexity index is 409. The predicted octanol–water partition coefficient (Wildman–Crippen LogP) is 2.47. The average Bonchev–Trinajstić information content (AvgIpc) is 2.78. The fraction of sp³-hybridized carbons (Fsp3) is 0.500. The molecule has 0 aromatic heterocycles. The normalized spacial score (nSPS) is 12.9. The van der Waals surface area contributed by atoms with Crippen molar-refractivity contribution < 1.29 is 14.2 Å². The Morgan fingerprint density at radius 2 is 2.24 bits per heavy atom. The summed E-state index contributed by atoms with van der Waals surface area (Å²) < 4.78 is 17.0. The van der Waals surface area contributed by atoms with Gasteiger partial charge in [0.25, 0.3) is 0 Å². The van der Waals surface area contributed by atoms with E-state index >= 15 is 0 Å². The Morgan fingerprint density at radius 3 is 2.94 bits per heavy atom. The molecule has 0 aliphatic carbocycles. The summed E-state index contributed by atoms with van der Waals surface area (Å²) in [5.74, 6) is 2.33. The van der Waals surface area contributed by atoms with Gasteiger partial charge in [0, 0.05) is 0 Å². The summed E-state index contributed by atoms with van der Waals surface area (Å²) in [4.78, 5) is 0. The molecule has 5 heteroatoms. The third kappa shape index (κ3) is 2.50. The number of aryl methyl sites for hydroxylation is 1. The van der Waals surface area contributed by atoms with Crippen molar-refractivity contribution in [1.82, 2.24) is 0 Å². The molecule has 1 aromatic carbocycles. The van der Waals surface area contributed by atoms with Crippen molar-refractivity contribution in [3.8, 4) is 17.2 Å². The molecule has 0 saturated heterocycles. The summed E-state index contributed by atoms with van der Waals surface area (Å²) in [7, 11) is 1.66. The van der Waals surface area contributed by atoms with Crippen LogP contribution in [0.25, 0.3) is 0 Å². The van der Waals surface area contributed by atoms with E-state index < -0.39 is 0 Å². The third-order valence-electron chi connectivity index (χ3n) is 2.74. The first-order chi connectivity index (χ1) is 8.27. The quantitative estimate of drug-likeness (QED) is 0.849. The molecule has 1 aliphatic rings. The highest BCUT2D eigenvalue weighted by molar-refractivity contribution is 9.10. The molecule has 0 bridgehead atoms. The SMILES string of the molecule is COc1c(CCCCN)cc2c(c1Br)OCO2. The van der Waals surface area contributed by atoms with E-state index in [4.69, 9.17) is 19.9 Å². The number of nitrogens with two attached hydrogens (primary N) is 1. The molecule has 1 aliphatic heterocycles. The van der Waals surface area contributed by atoms with Gasteiger partial charge in [-0.05, 0) is 53.4 Å². The average molecular weight is 302 g/mol. The Morgan fingerprint density at radius 1 is 1.41 bits per heavy atom. The molecule has 0 fully saturated rings. The second-order valence-electron chi connectivity index (χ2n) is 3.86. The molecule has 17 heavy (non-hydrogen) atoms. The Kier molecular flexibility index (Phi) is 4.12. The topological polar surface area (TPSA) is 53.7 Å². The number of hydrogen-bond acceptors (Lipinski definition) is 4. The van der Waals surface area contributed by atoms with Gasteiger partial charge in [0.05, 0.1) is 7.11 Å². The Hall–Kier alpha value is -0.940. The number of hydrogen-bond donors (Lipinski definition) is 1. The van der Waals surface area contributed by atoms with Crippen LogP contribution in [0.3, 0.4) is 0 Å². The van der Waals surface area contributed by atoms with Gasteiger partial charge in [0.1, 0.15) is 10.2 Å². The van der Waals surface area contributed by atoms with Gasteiger partial charge < -0.3 is 19.9 Å². The minimum Gasteiger partial charge on any atom is -0.495 e. The Balaban J connectivity index is 2.27. The summed E-state index contributed by atoms with van der Waals surface area (Å²) in [6, 6.07) is 1.99. The van der Waals surface area contributed by atoms with Gasteiger partial charge in [-0.1, -0.05) is 0 Å². The van der Waals surface area contributed by atoms with Crippen LogP contribution in [0, 0.1) is 0 Å². The molecule has 1 heterocycles. The smallest absolute Gasteiger partial charge is 0.231 e. The van der Waals surface area contributed by atoms with E-state index in [9.17, 15) is 0 Å². The number of methoxy groups -OCH3 is 1. The summed E-state index contributed by atoms with van der Waals surface area (Å²) in [6.07, 6.45) is 2.98. The van der Waals surface area contributed by atoms with E-state index in [2.05, 4.69) is 15.9 Å². The molecule has 4 nitrogen and oxygen atoms in total. The molecule has 0 atom stereocenters. The van der Waals surface area contributed by atoms with Gasteiger partial charge in [0.15, 0.2) is 11.5 Å². The van der Waals surface area contributed by atoms with Gasteiger partial charge in [-0.25, -0.2) is 0 Å². The van der Waals surface area contributed by atoms with Crippen LogP contribution in [-0.4, -0.2) is 20.4 Å². The molecule has 0 saturated carbocycles. The van der Waals surface area contributed by atoms with E-state index in [1.54, 1.807) is 7.11 Å². The van der Waals surface area contributed by atoms with Crippen LogP contribution >= 0.6 is 15.9 Å². The zero-order valence-electron chi connectivity index (χ0n) is 9.79. The fourth-order valence-electron chi connectivity index (χ4n) is 1.90. The minimum atomic E-state index is 0.267. The lowest BCUT2D eigenvalue weighted by atomic mass is 10.1. The second kappa shape index (κ2) is 5.60. The number of rotatable bonds is 5. The van der Waals surface area contributed by atoms with Crippen LogP contribution in [0.5, 0.6) is 17.2 Å². The number of fused-ring (bicyclic) bond motifs is 1. The Labute approximate surface area is 109 Å². The zero-order valence-corrected chi connectivity index (χ0v) is 11.4. The molecule has 94 valence electrons. The molecule has 0 spiro atoms. The monoisotopic (exact) mass is 301 g/mol. The van der Waals surface area contributed by atoms with Gasteiger partial charge >= 0.3 is 0 Å². The molecule has 0 amide bonds. The molecule has 0 radical (unpaired) electrons. The van der Waals surface area contributed by atoms with E-state index in [-0.39, 0.29) is 6.79 Å². The second-order valence-corrected chi connectivity index (χ2v) is 4.66. The highest BCUT2D eigenvalue weighted by Crippen LogP contribution is 2.46. The van der Waals surface area contributed by atoms with E-state index in [1.165, 1.54) is 0 Å². The predicted molar refractivity (Wildman–Crippen MR) is 68.8 cm³/mol. The molecule has 2 N–H and O–H groups in total. The van der Waals surface area contributed by atoms with E-state index in [0.717, 1.165) is 46.5 Å². The molecular weight excluding hydrogens is 286 g/mol. The lowest BCUT2D eigenvalue weighted by Crippen LogP contribution is -2.00. The van der Waals surface area contributed by atoms with Crippen molar-refractivity contribution in [1.29, 1.82) is 0 Å². The molecular formula is C12H16BrNO3. The van der Waals surface area contributed by atoms with Crippen LogP contribution < -0.4 is 19.9 Å². The summed E-state index contributed by atoms with van der Waals surface area (Å²) in [6.45, 7) is 0.984. The van der Waals surface area contributed by atoms with Gasteiger partial charge in [-0.2, -0.15) is 0 Å². The molecule has 2 rings (SSSR count). The van der Waals surface area contributed by atoms with E-state index in [0.29, 0.717) is 6.54 Å². The van der Waals surface area contributed by atoms with Crippen molar-refractivity contribution in [3.63, 3.8) is 0 Å². The van der Waals surface area contributed by atoms with Crippen molar-refractivity contribution >= 4 is 15.9 Å². The van der Waals surface area contributed by atoms with Crippen LogP contribution in [0.2, 0.25) is 0 Å². The van der Waals surface area contributed by atoms with Crippen LogP contribution in [-0.2, 0) is 6.42 Å². The van der Waals surface area contributed by atoms with Gasteiger partial charge in [0.2, 0.25) is 6.79 Å². The number of unbranched alkanes of at least 4 members (excludes halogenated alkanes) is 1. The standard InChI is InChI=1S/C12H16BrNO3/c1-15-11-8(4-2-3-5-14)6-9-12(10(11)13)17-7-16-9/h6H,2-5,7,14H2,1H3. The first-order valence-corrected chi connectivity index (χ1v) is 6.42. The lowest BCUT2D eigenvalue weighted by Gasteiger charge is -2.12. The summed E-state index contributed by atoms with van der Waals surface area (Å²) >= 11 is 3.50.